The van der Waals surface area contributed by atoms with Crippen LogP contribution >= 0.6 is 34.8 Å². The van der Waals surface area contributed by atoms with Gasteiger partial charge in [-0.25, -0.2) is 8.78 Å². The zero-order chi connectivity index (χ0) is 53.6. The normalized spacial score (nSPS) is 23.1. The second-order valence-corrected chi connectivity index (χ2v) is 20.9. The molecule has 2 amide bonds. The predicted octanol–water partition coefficient (Wildman–Crippen LogP) is 11.7. The standard InChI is InChI=1S/C56H53Cl3F2N8O6/c1-8-46(70)68-26-31-15-32(27-68)55(31)75-45-17-36-40(19-43(45)73-7)64-24-33(22-62)53(36)66-39-11-10-30(48(58)50(39)60)20-56(28(3)4)21-35(12-13-69(56)47(71)9-2)74-44-16-37-41(18-42(44)72-6)65-25-34(23-63)54(37)67-52-29(5)14-38(57)49(59)51(52)61/h8-11,14,16-19,24-25,28-29,31-32,35,52,55H,1-2,12-13,15,20-21,26-27H2,3-7H3,(H,64,66)(H,65,67)/t29?,31-,32+,35-,52?,55+,56-/m0/s1. The maximum absolute atomic E-state index is 17.0. The number of pyridine rings is 2. The summed E-state index contributed by atoms with van der Waals surface area (Å²) in [6, 6.07) is 13.4. The van der Waals surface area contributed by atoms with Crippen LogP contribution < -0.4 is 29.6 Å². The number of methoxy groups -OCH3 is 2. The van der Waals surface area contributed by atoms with E-state index in [0.29, 0.717) is 75.6 Å². The van der Waals surface area contributed by atoms with E-state index < -0.39 is 35.2 Å². The molecule has 3 aromatic carbocycles. The van der Waals surface area contributed by atoms with Gasteiger partial charge in [-0.3, -0.25) is 19.6 Å². The van der Waals surface area contributed by atoms with Crippen molar-refractivity contribution in [2.75, 3.05) is 44.5 Å². The van der Waals surface area contributed by atoms with Crippen molar-refractivity contribution in [1.82, 2.24) is 19.8 Å². The second-order valence-electron chi connectivity index (χ2n) is 19.7. The summed E-state index contributed by atoms with van der Waals surface area (Å²) in [6.07, 6.45) is 7.97. The summed E-state index contributed by atoms with van der Waals surface area (Å²) in [5.74, 6) is -0.870. The molecule has 2 aliphatic carbocycles. The molecule has 75 heavy (non-hydrogen) atoms. The SMILES string of the molecule is C=CC(=O)N1C[C@H]2C[C@@H](C1)[C@H]2Oc1cc2c(Nc3ccc(C[C@@]4(C(C)C)C[C@@H](Oc5cc6c(NC7C(F)=C(Cl)C(Cl)=CC7C)c(C#N)cnc6cc5OC)CCN4C(=O)C=C)c(Cl)c3F)c(C#N)cnc2cc1OC. The number of piperidine rings is 3. The van der Waals surface area contributed by atoms with Gasteiger partial charge < -0.3 is 39.4 Å². The first-order chi connectivity index (χ1) is 36.0. The Kier molecular flexibility index (Phi) is 14.9. The summed E-state index contributed by atoms with van der Waals surface area (Å²) in [7, 11) is 3.01. The van der Waals surface area contributed by atoms with E-state index in [1.807, 2.05) is 13.8 Å². The molecule has 5 heterocycles. The number of amides is 2. The number of carbonyl (C=O) groups is 2. The smallest absolute Gasteiger partial charge is 0.246 e. The second kappa shape index (κ2) is 21.3. The molecule has 0 spiro atoms. The third-order valence-corrected chi connectivity index (χ3v) is 16.4. The molecule has 7 atom stereocenters. The molecular weight excluding hydrogens is 1030 g/mol. The number of aromatic nitrogens is 2. The molecule has 19 heteroatoms. The number of carbonyl (C=O) groups excluding carboxylic acids is 2. The molecule has 0 radical (unpaired) electrons. The van der Waals surface area contributed by atoms with Gasteiger partial charge in [0.15, 0.2) is 28.8 Å². The van der Waals surface area contributed by atoms with Crippen LogP contribution in [-0.2, 0) is 16.0 Å². The summed E-state index contributed by atoms with van der Waals surface area (Å²) in [5, 5.41) is 27.5. The van der Waals surface area contributed by atoms with Crippen LogP contribution in [0.3, 0.4) is 0 Å². The van der Waals surface area contributed by atoms with Crippen molar-refractivity contribution in [2.24, 2.45) is 23.7 Å². The van der Waals surface area contributed by atoms with Gasteiger partial charge in [-0.1, -0.05) is 80.9 Å². The first-order valence-corrected chi connectivity index (χ1v) is 25.5. The van der Waals surface area contributed by atoms with Crippen molar-refractivity contribution in [3.8, 4) is 35.1 Å². The number of fused-ring (bicyclic) bond motifs is 4. The van der Waals surface area contributed by atoms with Crippen LogP contribution in [0.25, 0.3) is 21.8 Å². The van der Waals surface area contributed by atoms with Gasteiger partial charge >= 0.3 is 0 Å². The number of anilines is 3. The van der Waals surface area contributed by atoms with Crippen molar-refractivity contribution < 1.29 is 37.3 Å². The lowest BCUT2D eigenvalue weighted by atomic mass is 9.68. The van der Waals surface area contributed by atoms with Crippen molar-refractivity contribution in [3.05, 3.63) is 124 Å². The minimum atomic E-state index is -0.996. The quantitative estimate of drug-likeness (QED) is 0.0951. The summed E-state index contributed by atoms with van der Waals surface area (Å²) in [6.45, 7) is 14.5. The Morgan fingerprint density at radius 2 is 1.49 bits per heavy atom. The molecule has 5 aromatic rings. The Hall–Kier alpha value is -7.11. The molecule has 388 valence electrons. The van der Waals surface area contributed by atoms with Crippen molar-refractivity contribution >= 4 is 85.5 Å². The maximum atomic E-state index is 17.0. The minimum Gasteiger partial charge on any atom is -0.493 e. The number of benzene rings is 3. The van der Waals surface area contributed by atoms with Gasteiger partial charge in [-0.15, -0.1) is 0 Å². The van der Waals surface area contributed by atoms with E-state index in [0.717, 1.165) is 6.42 Å². The fourth-order valence-electron chi connectivity index (χ4n) is 11.1. The third kappa shape index (κ3) is 9.64. The number of nitrogens with zero attached hydrogens (tertiary/aromatic N) is 6. The van der Waals surface area contributed by atoms with Crippen LogP contribution in [0.5, 0.6) is 23.0 Å². The van der Waals surface area contributed by atoms with Gasteiger partial charge in [0.25, 0.3) is 0 Å². The van der Waals surface area contributed by atoms with Crippen molar-refractivity contribution in [3.63, 3.8) is 0 Å². The van der Waals surface area contributed by atoms with Gasteiger partial charge in [-0.2, -0.15) is 10.5 Å². The van der Waals surface area contributed by atoms with Gasteiger partial charge in [0.2, 0.25) is 11.8 Å². The summed E-state index contributed by atoms with van der Waals surface area (Å²) in [5.41, 5.74) is 1.17. The molecular formula is C56H53Cl3F2N8O6. The fourth-order valence-corrected chi connectivity index (χ4v) is 11.8. The number of rotatable bonds is 15. The lowest BCUT2D eigenvalue weighted by Crippen LogP contribution is -2.62. The zero-order valence-electron chi connectivity index (χ0n) is 41.8. The van der Waals surface area contributed by atoms with E-state index in [1.165, 1.54) is 38.8 Å². The average molecular weight is 1080 g/mol. The number of hydrogen-bond donors (Lipinski definition) is 2. The van der Waals surface area contributed by atoms with Crippen LogP contribution in [0.15, 0.2) is 96.1 Å². The van der Waals surface area contributed by atoms with E-state index >= 15 is 8.78 Å². The summed E-state index contributed by atoms with van der Waals surface area (Å²) in [4.78, 5) is 38.7. The molecule has 3 aliphatic heterocycles. The number of nitrogens with one attached hydrogen (secondary N) is 2. The highest BCUT2D eigenvalue weighted by Gasteiger charge is 2.50. The van der Waals surface area contributed by atoms with E-state index in [9.17, 15) is 20.1 Å². The molecule has 14 nitrogen and oxygen atoms in total. The van der Waals surface area contributed by atoms with Crippen LogP contribution in [0, 0.1) is 52.2 Å². The number of halogens is 5. The predicted molar refractivity (Wildman–Crippen MR) is 285 cm³/mol. The fraction of sp³-hybridized carbons (Fsp3) is 0.357. The van der Waals surface area contributed by atoms with Crippen molar-refractivity contribution in [1.29, 1.82) is 10.5 Å². The highest BCUT2D eigenvalue weighted by molar-refractivity contribution is 6.44. The van der Waals surface area contributed by atoms with E-state index in [1.54, 1.807) is 59.2 Å². The zero-order valence-corrected chi connectivity index (χ0v) is 44.0. The Labute approximate surface area is 448 Å². The lowest BCUT2D eigenvalue weighted by Gasteiger charge is -2.52. The molecule has 5 aliphatic rings. The molecule has 2 aromatic heterocycles. The molecule has 2 N–H and O–H groups in total. The number of hydrogen-bond acceptors (Lipinski definition) is 12. The van der Waals surface area contributed by atoms with Gasteiger partial charge in [0, 0.05) is 85.5 Å². The number of likely N-dealkylation sites (tertiary alicyclic amines) is 1. The Balaban J connectivity index is 1.02. The highest BCUT2D eigenvalue weighted by atomic mass is 35.5. The van der Waals surface area contributed by atoms with Gasteiger partial charge in [0.1, 0.15) is 30.2 Å². The van der Waals surface area contributed by atoms with Crippen LogP contribution in [-0.4, -0.2) is 89.2 Å². The monoisotopic (exact) mass is 1080 g/mol. The largest absolute Gasteiger partial charge is 0.493 e. The van der Waals surface area contributed by atoms with Crippen molar-refractivity contribution in [2.45, 2.75) is 70.2 Å². The van der Waals surface area contributed by atoms with E-state index in [2.05, 4.69) is 45.9 Å². The summed E-state index contributed by atoms with van der Waals surface area (Å²) >= 11 is 19.5. The number of nitriles is 2. The van der Waals surface area contributed by atoms with Crippen LogP contribution in [0.2, 0.25) is 5.02 Å². The van der Waals surface area contributed by atoms with Crippen LogP contribution in [0.1, 0.15) is 56.7 Å². The average Bonchev–Trinajstić information content (AvgIpc) is 3.41. The van der Waals surface area contributed by atoms with Gasteiger partial charge in [-0.05, 0) is 54.7 Å². The first kappa shape index (κ1) is 52.7. The minimum absolute atomic E-state index is 0.0135. The van der Waals surface area contributed by atoms with E-state index in [-0.39, 0.29) is 92.6 Å². The molecule has 3 saturated heterocycles. The summed E-state index contributed by atoms with van der Waals surface area (Å²) < 4.78 is 57.6. The molecule has 1 saturated carbocycles. The molecule has 10 rings (SSSR count). The molecule has 2 unspecified atom stereocenters. The third-order valence-electron chi connectivity index (χ3n) is 15.2. The lowest BCUT2D eigenvalue weighted by molar-refractivity contribution is -0.142. The topological polar surface area (TPSA) is 175 Å². The van der Waals surface area contributed by atoms with E-state index in [4.69, 9.17) is 53.8 Å². The molecule has 4 fully saturated rings. The van der Waals surface area contributed by atoms with Gasteiger partial charge in [0.05, 0.1) is 80.1 Å². The number of ether oxygens (including phenoxy) is 4. The Morgan fingerprint density at radius 3 is 2.08 bits per heavy atom. The Morgan fingerprint density at radius 1 is 0.893 bits per heavy atom. The van der Waals surface area contributed by atoms with Crippen LogP contribution in [0.4, 0.5) is 25.8 Å². The first-order valence-electron chi connectivity index (χ1n) is 24.4. The highest BCUT2D eigenvalue weighted by Crippen LogP contribution is 2.48. The Bertz CT molecular complexity index is 3330. The number of allylic oxidation sites excluding steroid dienone is 2. The maximum Gasteiger partial charge on any atom is 0.246 e. The molecule has 2 bridgehead atoms.